The fourth-order valence-corrected chi connectivity index (χ4v) is 6.22. The van der Waals surface area contributed by atoms with Crippen LogP contribution in [0.4, 0.5) is 20.3 Å². The molecule has 11 heteroatoms. The predicted molar refractivity (Wildman–Crippen MR) is 143 cm³/mol. The van der Waals surface area contributed by atoms with Crippen LogP contribution in [-0.4, -0.2) is 62.4 Å². The number of hydrogen-bond donors (Lipinski definition) is 2. The molecule has 2 fully saturated rings. The van der Waals surface area contributed by atoms with Gasteiger partial charge in [-0.3, -0.25) is 0 Å². The molecule has 0 spiro atoms. The SMILES string of the molecule is N#Cc1ccc(-c2cc(NCC3CCCNCC3)nn2-c2ccc(N3CCS(=O)(=O)CC3)c(F)c2)cc1F. The molecule has 0 bridgehead atoms. The molecule has 1 unspecified atom stereocenters. The van der Waals surface area contributed by atoms with Gasteiger partial charge in [-0.15, -0.1) is 5.10 Å². The first-order chi connectivity index (χ1) is 18.3. The lowest BCUT2D eigenvalue weighted by atomic mass is 10.0. The number of sulfone groups is 1. The van der Waals surface area contributed by atoms with Gasteiger partial charge in [0.25, 0.3) is 0 Å². The van der Waals surface area contributed by atoms with Gasteiger partial charge in [-0.05, 0) is 62.5 Å². The van der Waals surface area contributed by atoms with E-state index < -0.39 is 21.5 Å². The first-order valence-corrected chi connectivity index (χ1v) is 14.6. The number of anilines is 2. The molecule has 0 aliphatic carbocycles. The lowest BCUT2D eigenvalue weighted by Gasteiger charge is -2.29. The van der Waals surface area contributed by atoms with Crippen LogP contribution in [0, 0.1) is 28.9 Å². The van der Waals surface area contributed by atoms with Crippen molar-refractivity contribution in [3.63, 3.8) is 0 Å². The second-order valence-electron chi connectivity index (χ2n) is 9.84. The van der Waals surface area contributed by atoms with Gasteiger partial charge in [0, 0.05) is 37.3 Å². The Bertz CT molecular complexity index is 1440. The van der Waals surface area contributed by atoms with Crippen molar-refractivity contribution in [3.8, 4) is 23.0 Å². The van der Waals surface area contributed by atoms with Crippen LogP contribution in [0.1, 0.15) is 24.8 Å². The third-order valence-corrected chi connectivity index (χ3v) is 8.83. The molecule has 2 saturated heterocycles. The van der Waals surface area contributed by atoms with Gasteiger partial charge in [0.05, 0.1) is 34.1 Å². The van der Waals surface area contributed by atoms with Crippen molar-refractivity contribution in [1.82, 2.24) is 15.1 Å². The van der Waals surface area contributed by atoms with Crippen LogP contribution in [0.3, 0.4) is 0 Å². The van der Waals surface area contributed by atoms with Crippen molar-refractivity contribution in [2.75, 3.05) is 54.4 Å². The van der Waals surface area contributed by atoms with E-state index in [1.807, 2.05) is 6.07 Å². The zero-order valence-corrected chi connectivity index (χ0v) is 21.8. The zero-order valence-electron chi connectivity index (χ0n) is 21.0. The maximum atomic E-state index is 15.3. The Morgan fingerprint density at radius 2 is 1.87 bits per heavy atom. The molecular formula is C27H30F2N6O2S. The highest BCUT2D eigenvalue weighted by Gasteiger charge is 2.24. The Hall–Kier alpha value is -3.49. The Morgan fingerprint density at radius 3 is 2.61 bits per heavy atom. The predicted octanol–water partition coefficient (Wildman–Crippen LogP) is 3.73. The molecule has 38 heavy (non-hydrogen) atoms. The fraction of sp³-hybridized carbons (Fsp3) is 0.407. The number of halogens is 2. The van der Waals surface area contributed by atoms with Crippen molar-refractivity contribution in [3.05, 3.63) is 59.7 Å². The molecule has 1 aromatic heterocycles. The second kappa shape index (κ2) is 11.1. The largest absolute Gasteiger partial charge is 0.368 e. The fourth-order valence-electron chi connectivity index (χ4n) is 5.02. The van der Waals surface area contributed by atoms with Crippen molar-refractivity contribution >= 4 is 21.3 Å². The average molecular weight is 541 g/mol. The van der Waals surface area contributed by atoms with Crippen molar-refractivity contribution in [2.45, 2.75) is 19.3 Å². The van der Waals surface area contributed by atoms with Crippen molar-refractivity contribution in [2.24, 2.45) is 5.92 Å². The number of nitrogens with one attached hydrogen (secondary N) is 2. The molecule has 2 aliphatic heterocycles. The van der Waals surface area contributed by atoms with E-state index in [1.165, 1.54) is 18.2 Å². The second-order valence-corrected chi connectivity index (χ2v) is 12.1. The smallest absolute Gasteiger partial charge is 0.153 e. The van der Waals surface area contributed by atoms with Crippen LogP contribution in [0.25, 0.3) is 16.9 Å². The summed E-state index contributed by atoms with van der Waals surface area (Å²) >= 11 is 0. The first kappa shape index (κ1) is 26.1. The number of benzene rings is 2. The minimum absolute atomic E-state index is 0.00611. The third-order valence-electron chi connectivity index (χ3n) is 7.22. The lowest BCUT2D eigenvalue weighted by Crippen LogP contribution is -2.40. The van der Waals surface area contributed by atoms with Crippen LogP contribution in [0.2, 0.25) is 0 Å². The van der Waals surface area contributed by atoms with Crippen LogP contribution < -0.4 is 15.5 Å². The van der Waals surface area contributed by atoms with E-state index in [-0.39, 0.29) is 30.2 Å². The zero-order chi connectivity index (χ0) is 26.7. The maximum absolute atomic E-state index is 15.3. The Balaban J connectivity index is 1.46. The highest BCUT2D eigenvalue weighted by molar-refractivity contribution is 7.91. The molecule has 2 aromatic carbocycles. The summed E-state index contributed by atoms with van der Waals surface area (Å²) in [5.41, 5.74) is 1.78. The Morgan fingerprint density at radius 1 is 1.05 bits per heavy atom. The van der Waals surface area contributed by atoms with Crippen LogP contribution in [0.5, 0.6) is 0 Å². The number of nitriles is 1. The van der Waals surface area contributed by atoms with E-state index in [0.717, 1.165) is 38.9 Å². The number of hydrogen-bond acceptors (Lipinski definition) is 7. The molecule has 200 valence electrons. The van der Waals surface area contributed by atoms with Gasteiger partial charge in [-0.1, -0.05) is 6.07 Å². The normalized spacial score (nSPS) is 19.5. The summed E-state index contributed by atoms with van der Waals surface area (Å²) in [7, 11) is -3.09. The summed E-state index contributed by atoms with van der Waals surface area (Å²) in [6.07, 6.45) is 3.29. The molecule has 1 atom stereocenters. The summed E-state index contributed by atoms with van der Waals surface area (Å²) in [6, 6.07) is 12.7. The minimum Gasteiger partial charge on any atom is -0.368 e. The molecule has 2 N–H and O–H groups in total. The highest BCUT2D eigenvalue weighted by Crippen LogP contribution is 2.30. The molecule has 0 amide bonds. The molecular weight excluding hydrogens is 510 g/mol. The summed E-state index contributed by atoms with van der Waals surface area (Å²) in [5.74, 6) is -0.0555. The van der Waals surface area contributed by atoms with E-state index in [9.17, 15) is 12.8 Å². The molecule has 0 radical (unpaired) electrons. The third kappa shape index (κ3) is 5.81. The van der Waals surface area contributed by atoms with Crippen LogP contribution in [0.15, 0.2) is 42.5 Å². The first-order valence-electron chi connectivity index (χ1n) is 12.8. The number of aromatic nitrogens is 2. The molecule has 2 aliphatic rings. The van der Waals surface area contributed by atoms with Crippen LogP contribution >= 0.6 is 0 Å². The molecule has 3 heterocycles. The summed E-state index contributed by atoms with van der Waals surface area (Å²) in [5, 5.41) is 20.6. The molecule has 8 nitrogen and oxygen atoms in total. The highest BCUT2D eigenvalue weighted by atomic mass is 32.2. The number of rotatable bonds is 6. The Kier molecular flexibility index (Phi) is 7.63. The van der Waals surface area contributed by atoms with E-state index in [0.29, 0.717) is 34.4 Å². The van der Waals surface area contributed by atoms with Gasteiger partial charge in [0.15, 0.2) is 9.84 Å². The van der Waals surface area contributed by atoms with Gasteiger partial charge < -0.3 is 15.5 Å². The molecule has 3 aromatic rings. The van der Waals surface area contributed by atoms with Crippen molar-refractivity contribution in [1.29, 1.82) is 5.26 Å². The molecule has 0 saturated carbocycles. The van der Waals surface area contributed by atoms with E-state index in [2.05, 4.69) is 15.7 Å². The van der Waals surface area contributed by atoms with Gasteiger partial charge >= 0.3 is 0 Å². The lowest BCUT2D eigenvalue weighted by molar-refractivity contribution is 0.496. The Labute approximate surface area is 221 Å². The van der Waals surface area contributed by atoms with Gasteiger partial charge in [0.2, 0.25) is 0 Å². The summed E-state index contributed by atoms with van der Waals surface area (Å²) in [6.45, 7) is 3.21. The quantitative estimate of drug-likeness (QED) is 0.491. The number of nitrogens with zero attached hydrogens (tertiary/aromatic N) is 4. The summed E-state index contributed by atoms with van der Waals surface area (Å²) < 4.78 is 54.9. The van der Waals surface area contributed by atoms with E-state index >= 15 is 4.39 Å². The van der Waals surface area contributed by atoms with Crippen LogP contribution in [-0.2, 0) is 9.84 Å². The summed E-state index contributed by atoms with van der Waals surface area (Å²) in [4.78, 5) is 1.73. The average Bonchev–Trinajstić information content (AvgIpc) is 3.15. The van der Waals surface area contributed by atoms with Gasteiger partial charge in [-0.2, -0.15) is 5.26 Å². The molecule has 5 rings (SSSR count). The van der Waals surface area contributed by atoms with Gasteiger partial charge in [0.1, 0.15) is 23.5 Å². The van der Waals surface area contributed by atoms with Crippen molar-refractivity contribution < 1.29 is 17.2 Å². The topological polar surface area (TPSA) is 103 Å². The monoisotopic (exact) mass is 540 g/mol. The van der Waals surface area contributed by atoms with E-state index in [1.54, 1.807) is 33.8 Å². The standard InChI is InChI=1S/C27H30F2N6O2S/c28-23-14-20(3-4-21(23)17-30)26-16-27(32-18-19-2-1-8-31-9-7-19)33-35(26)22-5-6-25(24(29)15-22)34-10-12-38(36,37)13-11-34/h3-6,14-16,19,31H,1-2,7-13,18H2,(H,32,33). The van der Waals surface area contributed by atoms with E-state index in [4.69, 9.17) is 5.26 Å². The van der Waals surface area contributed by atoms with Gasteiger partial charge in [-0.25, -0.2) is 21.9 Å². The maximum Gasteiger partial charge on any atom is 0.153 e. The minimum atomic E-state index is -3.09.